The molecule has 1 heterocycles. The fraction of sp³-hybridized carbons (Fsp3) is 0.333. The molecule has 0 aromatic heterocycles. The second-order valence-electron chi connectivity index (χ2n) is 3.81. The van der Waals surface area contributed by atoms with E-state index < -0.39 is 0 Å². The van der Waals surface area contributed by atoms with E-state index in [0.717, 1.165) is 16.5 Å². The minimum absolute atomic E-state index is 0.0318. The maximum atomic E-state index is 11.9. The first kappa shape index (κ1) is 11.3. The van der Waals surface area contributed by atoms with Crippen LogP contribution in [0.1, 0.15) is 35.7 Å². The molecule has 4 heteroatoms. The summed E-state index contributed by atoms with van der Waals surface area (Å²) < 4.78 is 0.882. The van der Waals surface area contributed by atoms with E-state index >= 15 is 0 Å². The summed E-state index contributed by atoms with van der Waals surface area (Å²) >= 11 is 3.39. The number of anilines is 1. The Morgan fingerprint density at radius 1 is 1.31 bits per heavy atom. The molecule has 0 saturated heterocycles. The summed E-state index contributed by atoms with van der Waals surface area (Å²) in [5, 5.41) is 2.82. The number of amides is 1. The highest BCUT2D eigenvalue weighted by Crippen LogP contribution is 2.30. The van der Waals surface area contributed by atoms with E-state index in [2.05, 4.69) is 21.2 Å². The van der Waals surface area contributed by atoms with Gasteiger partial charge in [-0.3, -0.25) is 9.59 Å². The lowest BCUT2D eigenvalue weighted by molar-refractivity contribution is -0.116. The Hall–Kier alpha value is -1.16. The quantitative estimate of drug-likeness (QED) is 0.860. The van der Waals surface area contributed by atoms with E-state index in [1.807, 2.05) is 13.0 Å². The molecule has 1 aliphatic heterocycles. The first-order valence-corrected chi connectivity index (χ1v) is 6.06. The van der Waals surface area contributed by atoms with Gasteiger partial charge in [0, 0.05) is 22.9 Å². The van der Waals surface area contributed by atoms with Crippen molar-refractivity contribution in [2.24, 2.45) is 0 Å². The van der Waals surface area contributed by atoms with Gasteiger partial charge >= 0.3 is 0 Å². The average molecular weight is 282 g/mol. The van der Waals surface area contributed by atoms with Crippen LogP contribution in [0.25, 0.3) is 0 Å². The minimum Gasteiger partial charge on any atom is -0.325 e. The van der Waals surface area contributed by atoms with Gasteiger partial charge in [0.1, 0.15) is 0 Å². The molecular formula is C12H12BrNO2. The molecule has 0 atom stereocenters. The molecule has 1 aromatic carbocycles. The smallest absolute Gasteiger partial charge is 0.224 e. The second kappa shape index (κ2) is 4.37. The van der Waals surface area contributed by atoms with Crippen LogP contribution in [0.4, 0.5) is 5.69 Å². The molecule has 1 aliphatic rings. The number of carbonyl (C=O) groups excluding carboxylic acids is 2. The van der Waals surface area contributed by atoms with Gasteiger partial charge in [0.2, 0.25) is 5.91 Å². The van der Waals surface area contributed by atoms with Crippen LogP contribution in [0.15, 0.2) is 16.6 Å². The van der Waals surface area contributed by atoms with Gasteiger partial charge in [-0.15, -0.1) is 0 Å². The van der Waals surface area contributed by atoms with Crippen molar-refractivity contribution >= 4 is 33.3 Å². The number of aryl methyl sites for hydroxylation is 1. The molecule has 0 unspecified atom stereocenters. The highest BCUT2D eigenvalue weighted by atomic mass is 79.9. The van der Waals surface area contributed by atoms with Crippen molar-refractivity contribution in [2.75, 3.05) is 5.32 Å². The fourth-order valence-corrected chi connectivity index (χ4v) is 2.38. The molecule has 2 rings (SSSR count). The van der Waals surface area contributed by atoms with E-state index in [1.54, 1.807) is 6.07 Å². The Balaban J connectivity index is 2.62. The van der Waals surface area contributed by atoms with Crippen LogP contribution >= 0.6 is 15.9 Å². The van der Waals surface area contributed by atoms with Crippen molar-refractivity contribution in [3.8, 4) is 0 Å². The zero-order valence-electron chi connectivity index (χ0n) is 8.97. The number of carbonyl (C=O) groups is 2. The number of fused-ring (bicyclic) bond motifs is 1. The predicted octanol–water partition coefficient (Wildman–Crippen LogP) is 2.93. The van der Waals surface area contributed by atoms with Crippen LogP contribution < -0.4 is 5.32 Å². The molecule has 0 spiro atoms. The molecule has 84 valence electrons. The number of nitrogens with one attached hydrogen (secondary N) is 1. The van der Waals surface area contributed by atoms with Crippen LogP contribution in [-0.4, -0.2) is 11.7 Å². The molecule has 0 aliphatic carbocycles. The van der Waals surface area contributed by atoms with Gasteiger partial charge < -0.3 is 5.32 Å². The summed E-state index contributed by atoms with van der Waals surface area (Å²) in [7, 11) is 0. The Bertz CT molecular complexity index is 468. The van der Waals surface area contributed by atoms with Gasteiger partial charge in [-0.25, -0.2) is 0 Å². The summed E-state index contributed by atoms with van der Waals surface area (Å²) in [6.07, 6.45) is 1.35. The number of ketones is 1. The van der Waals surface area contributed by atoms with Crippen LogP contribution in [0, 0.1) is 0 Å². The Kier molecular flexibility index (Phi) is 3.10. The Morgan fingerprint density at radius 2 is 2.06 bits per heavy atom. The highest BCUT2D eigenvalue weighted by molar-refractivity contribution is 9.10. The number of hydrogen-bond acceptors (Lipinski definition) is 2. The van der Waals surface area contributed by atoms with Gasteiger partial charge in [0.25, 0.3) is 0 Å². The largest absolute Gasteiger partial charge is 0.325 e. The molecule has 0 fully saturated rings. The van der Waals surface area contributed by atoms with Gasteiger partial charge in [0.05, 0.1) is 5.69 Å². The van der Waals surface area contributed by atoms with Crippen molar-refractivity contribution < 1.29 is 9.59 Å². The topological polar surface area (TPSA) is 46.2 Å². The van der Waals surface area contributed by atoms with Crippen LogP contribution in [0.5, 0.6) is 0 Å². The number of Topliss-reactive ketones (excluding diaryl/α,β-unsaturated/α-hetero) is 1. The third-order valence-electron chi connectivity index (χ3n) is 2.71. The summed E-state index contributed by atoms with van der Waals surface area (Å²) in [5.41, 5.74) is 2.31. The van der Waals surface area contributed by atoms with Crippen LogP contribution in [-0.2, 0) is 11.2 Å². The highest BCUT2D eigenvalue weighted by Gasteiger charge is 2.21. The van der Waals surface area contributed by atoms with Crippen molar-refractivity contribution in [3.05, 3.63) is 27.7 Å². The van der Waals surface area contributed by atoms with Crippen molar-refractivity contribution in [3.63, 3.8) is 0 Å². The molecule has 3 nitrogen and oxygen atoms in total. The summed E-state index contributed by atoms with van der Waals surface area (Å²) in [4.78, 5) is 23.3. The van der Waals surface area contributed by atoms with Crippen molar-refractivity contribution in [2.45, 2.75) is 26.2 Å². The first-order chi connectivity index (χ1) is 7.61. The van der Waals surface area contributed by atoms with E-state index in [-0.39, 0.29) is 18.1 Å². The lowest BCUT2D eigenvalue weighted by Crippen LogP contribution is -2.11. The van der Waals surface area contributed by atoms with Crippen molar-refractivity contribution in [1.29, 1.82) is 0 Å². The molecule has 0 radical (unpaired) electrons. The zero-order valence-corrected chi connectivity index (χ0v) is 10.6. The molecular weight excluding hydrogens is 270 g/mol. The van der Waals surface area contributed by atoms with Crippen molar-refractivity contribution in [1.82, 2.24) is 0 Å². The molecule has 1 N–H and O–H groups in total. The SMILES string of the molecule is CCc1cc(Br)cc2c1NC(=O)CCC2=O. The fourth-order valence-electron chi connectivity index (χ4n) is 1.87. The lowest BCUT2D eigenvalue weighted by atomic mass is 10.0. The van der Waals surface area contributed by atoms with Gasteiger partial charge in [0.15, 0.2) is 5.78 Å². The number of benzene rings is 1. The number of halogens is 1. The number of rotatable bonds is 1. The average Bonchev–Trinajstić information content (AvgIpc) is 2.39. The minimum atomic E-state index is -0.0795. The maximum absolute atomic E-state index is 11.9. The van der Waals surface area contributed by atoms with Gasteiger partial charge in [-0.05, 0) is 24.1 Å². The summed E-state index contributed by atoms with van der Waals surface area (Å²) in [6.45, 7) is 2.00. The molecule has 1 amide bonds. The summed E-state index contributed by atoms with van der Waals surface area (Å²) in [5.74, 6) is -0.0477. The molecule has 0 bridgehead atoms. The van der Waals surface area contributed by atoms with E-state index in [1.165, 1.54) is 0 Å². The summed E-state index contributed by atoms with van der Waals surface area (Å²) in [6, 6.07) is 3.72. The standard InChI is InChI=1S/C12H12BrNO2/c1-2-7-5-8(13)6-9-10(15)3-4-11(16)14-12(7)9/h5-6H,2-4H2,1H3,(H,14,16). The monoisotopic (exact) mass is 281 g/mol. The van der Waals surface area contributed by atoms with E-state index in [4.69, 9.17) is 0 Å². The molecule has 16 heavy (non-hydrogen) atoms. The third-order valence-corrected chi connectivity index (χ3v) is 3.17. The van der Waals surface area contributed by atoms with Crippen LogP contribution in [0.2, 0.25) is 0 Å². The number of hydrogen-bond donors (Lipinski definition) is 1. The zero-order chi connectivity index (χ0) is 11.7. The molecule has 0 saturated carbocycles. The normalized spacial score (nSPS) is 15.4. The van der Waals surface area contributed by atoms with E-state index in [9.17, 15) is 9.59 Å². The maximum Gasteiger partial charge on any atom is 0.224 e. The lowest BCUT2D eigenvalue weighted by Gasteiger charge is -2.11. The Labute approximate surface area is 102 Å². The molecule has 1 aromatic rings. The van der Waals surface area contributed by atoms with E-state index in [0.29, 0.717) is 17.7 Å². The first-order valence-electron chi connectivity index (χ1n) is 5.27. The Morgan fingerprint density at radius 3 is 2.75 bits per heavy atom. The second-order valence-corrected chi connectivity index (χ2v) is 4.73. The van der Waals surface area contributed by atoms with Gasteiger partial charge in [-0.1, -0.05) is 22.9 Å². The predicted molar refractivity (Wildman–Crippen MR) is 65.7 cm³/mol. The van der Waals surface area contributed by atoms with Crippen LogP contribution in [0.3, 0.4) is 0 Å². The van der Waals surface area contributed by atoms with Gasteiger partial charge in [-0.2, -0.15) is 0 Å². The third kappa shape index (κ3) is 2.02.